The molecule has 1 aliphatic heterocycles. The zero-order valence-electron chi connectivity index (χ0n) is 12.5. The second kappa shape index (κ2) is 7.08. The highest BCUT2D eigenvalue weighted by molar-refractivity contribution is 5.17. The Hall–Kier alpha value is -0.840. The third-order valence-corrected chi connectivity index (χ3v) is 4.10. The monoisotopic (exact) mass is 265 g/mol. The van der Waals surface area contributed by atoms with Crippen LogP contribution in [0.15, 0.2) is 16.7 Å². The van der Waals surface area contributed by atoms with Gasteiger partial charge in [-0.15, -0.1) is 0 Å². The summed E-state index contributed by atoms with van der Waals surface area (Å²) in [6.45, 7) is 7.35. The molecule has 0 radical (unpaired) electrons. The molecule has 1 saturated heterocycles. The summed E-state index contributed by atoms with van der Waals surface area (Å²) in [5.74, 6) is 1.08. The van der Waals surface area contributed by atoms with Gasteiger partial charge < -0.3 is 14.6 Å². The van der Waals surface area contributed by atoms with Crippen LogP contribution in [0.25, 0.3) is 0 Å². The summed E-state index contributed by atoms with van der Waals surface area (Å²) in [5.41, 5.74) is 1.32. The highest BCUT2D eigenvalue weighted by Gasteiger charge is 2.21. The number of likely N-dealkylation sites (tertiary alicyclic amines) is 1. The molecular weight excluding hydrogens is 238 g/mol. The van der Waals surface area contributed by atoms with E-state index in [1.54, 1.807) is 0 Å². The molecule has 0 amide bonds. The first kappa shape index (κ1) is 14.6. The topological polar surface area (TPSA) is 31.7 Å². The summed E-state index contributed by atoms with van der Waals surface area (Å²) in [6, 6.07) is 2.82. The molecule has 0 atom stereocenters. The van der Waals surface area contributed by atoms with E-state index in [1.807, 2.05) is 6.26 Å². The van der Waals surface area contributed by atoms with Gasteiger partial charge in [0.25, 0.3) is 0 Å². The van der Waals surface area contributed by atoms with Crippen LogP contribution < -0.4 is 5.32 Å². The first-order valence-electron chi connectivity index (χ1n) is 7.35. The van der Waals surface area contributed by atoms with Crippen LogP contribution in [0.4, 0.5) is 0 Å². The van der Waals surface area contributed by atoms with Gasteiger partial charge >= 0.3 is 0 Å². The van der Waals surface area contributed by atoms with E-state index in [0.29, 0.717) is 6.04 Å². The smallest absolute Gasteiger partial charge is 0.122 e. The molecule has 0 aromatic carbocycles. The molecule has 0 spiro atoms. The van der Waals surface area contributed by atoms with Crippen molar-refractivity contribution in [3.63, 3.8) is 0 Å². The Balaban J connectivity index is 1.87. The number of rotatable bonds is 6. The zero-order chi connectivity index (χ0) is 13.7. The number of nitrogens with one attached hydrogen (secondary N) is 1. The van der Waals surface area contributed by atoms with Crippen LogP contribution in [0.5, 0.6) is 0 Å². The number of piperidine rings is 1. The molecule has 4 heteroatoms. The van der Waals surface area contributed by atoms with Crippen molar-refractivity contribution in [3.8, 4) is 0 Å². The van der Waals surface area contributed by atoms with Crippen molar-refractivity contribution in [1.29, 1.82) is 0 Å². The molecular formula is C15H27N3O. The molecule has 108 valence electrons. The fourth-order valence-corrected chi connectivity index (χ4v) is 2.74. The highest BCUT2D eigenvalue weighted by atomic mass is 16.3. The second-order valence-corrected chi connectivity index (χ2v) is 5.60. The van der Waals surface area contributed by atoms with Crippen molar-refractivity contribution < 1.29 is 4.42 Å². The maximum Gasteiger partial charge on any atom is 0.122 e. The second-order valence-electron chi connectivity index (χ2n) is 5.60. The van der Waals surface area contributed by atoms with Crippen molar-refractivity contribution in [2.75, 3.05) is 33.7 Å². The van der Waals surface area contributed by atoms with Crippen LogP contribution in [0.1, 0.15) is 31.1 Å². The Morgan fingerprint density at radius 1 is 1.42 bits per heavy atom. The Kier molecular flexibility index (Phi) is 5.43. The summed E-state index contributed by atoms with van der Waals surface area (Å²) in [5, 5.41) is 3.33. The molecule has 0 saturated carbocycles. The molecule has 1 aromatic heterocycles. The Morgan fingerprint density at radius 3 is 2.84 bits per heavy atom. The van der Waals surface area contributed by atoms with Crippen LogP contribution >= 0.6 is 0 Å². The number of nitrogens with zero attached hydrogens (tertiary/aromatic N) is 2. The average Bonchev–Trinajstić information content (AvgIpc) is 2.84. The standard InChI is InChI=1S/C15H27N3O/c1-4-16-11-15-13(7-10-19-15)12-18(3)14-5-8-17(2)9-6-14/h7,10,14,16H,4-6,8-9,11-12H2,1-3H3. The highest BCUT2D eigenvalue weighted by Crippen LogP contribution is 2.19. The van der Waals surface area contributed by atoms with E-state index >= 15 is 0 Å². The van der Waals surface area contributed by atoms with Crippen molar-refractivity contribution in [1.82, 2.24) is 15.1 Å². The molecule has 1 aromatic rings. The minimum atomic E-state index is 0.707. The lowest BCUT2D eigenvalue weighted by molar-refractivity contribution is 0.138. The molecule has 2 heterocycles. The van der Waals surface area contributed by atoms with Gasteiger partial charge in [-0.3, -0.25) is 4.90 Å². The molecule has 4 nitrogen and oxygen atoms in total. The summed E-state index contributed by atoms with van der Waals surface area (Å²) in [4.78, 5) is 4.89. The van der Waals surface area contributed by atoms with Gasteiger partial charge in [-0.1, -0.05) is 6.92 Å². The first-order valence-corrected chi connectivity index (χ1v) is 7.35. The lowest BCUT2D eigenvalue weighted by Gasteiger charge is -2.35. The van der Waals surface area contributed by atoms with Crippen LogP contribution in [0.2, 0.25) is 0 Å². The predicted molar refractivity (Wildman–Crippen MR) is 78.1 cm³/mol. The van der Waals surface area contributed by atoms with Crippen molar-refractivity contribution >= 4 is 0 Å². The lowest BCUT2D eigenvalue weighted by Crippen LogP contribution is -2.41. The zero-order valence-corrected chi connectivity index (χ0v) is 12.5. The van der Waals surface area contributed by atoms with Crippen LogP contribution in [-0.4, -0.2) is 49.6 Å². The molecule has 19 heavy (non-hydrogen) atoms. The summed E-state index contributed by atoms with van der Waals surface area (Å²) >= 11 is 0. The number of hydrogen-bond acceptors (Lipinski definition) is 4. The van der Waals surface area contributed by atoms with E-state index in [4.69, 9.17) is 4.42 Å². The SMILES string of the molecule is CCNCc1occc1CN(C)C1CCN(C)CC1. The first-order chi connectivity index (χ1) is 9.20. The molecule has 0 aliphatic carbocycles. The summed E-state index contributed by atoms with van der Waals surface area (Å²) < 4.78 is 5.57. The van der Waals surface area contributed by atoms with Gasteiger partial charge in [0.05, 0.1) is 12.8 Å². The third kappa shape index (κ3) is 4.06. The van der Waals surface area contributed by atoms with Crippen molar-refractivity contribution in [3.05, 3.63) is 23.7 Å². The van der Waals surface area contributed by atoms with Crippen LogP contribution in [0, 0.1) is 0 Å². The number of furan rings is 1. The lowest BCUT2D eigenvalue weighted by atomic mass is 10.0. The van der Waals surface area contributed by atoms with Gasteiger partial charge in [0.1, 0.15) is 5.76 Å². The fraction of sp³-hybridized carbons (Fsp3) is 0.733. The summed E-state index contributed by atoms with van der Waals surface area (Å²) in [7, 11) is 4.45. The summed E-state index contributed by atoms with van der Waals surface area (Å²) in [6.07, 6.45) is 4.35. The Bertz CT molecular complexity index is 369. The molecule has 1 fully saturated rings. The molecule has 0 bridgehead atoms. The van der Waals surface area contributed by atoms with E-state index in [9.17, 15) is 0 Å². The van der Waals surface area contributed by atoms with Crippen molar-refractivity contribution in [2.24, 2.45) is 0 Å². The maximum absolute atomic E-state index is 5.57. The van der Waals surface area contributed by atoms with Crippen molar-refractivity contribution in [2.45, 2.75) is 38.9 Å². The average molecular weight is 265 g/mol. The van der Waals surface area contributed by atoms with Gasteiger partial charge in [0.2, 0.25) is 0 Å². The maximum atomic E-state index is 5.57. The third-order valence-electron chi connectivity index (χ3n) is 4.10. The molecule has 1 N–H and O–H groups in total. The van der Waals surface area contributed by atoms with E-state index in [1.165, 1.54) is 31.5 Å². The van der Waals surface area contributed by atoms with E-state index < -0.39 is 0 Å². The van der Waals surface area contributed by atoms with Gasteiger partial charge in [-0.2, -0.15) is 0 Å². The molecule has 1 aliphatic rings. The molecule has 2 rings (SSSR count). The fourth-order valence-electron chi connectivity index (χ4n) is 2.74. The van der Waals surface area contributed by atoms with Gasteiger partial charge in [-0.05, 0) is 52.6 Å². The van der Waals surface area contributed by atoms with Gasteiger partial charge in [0, 0.05) is 18.2 Å². The van der Waals surface area contributed by atoms with E-state index in [-0.39, 0.29) is 0 Å². The van der Waals surface area contributed by atoms with E-state index in [2.05, 4.69) is 42.2 Å². The van der Waals surface area contributed by atoms with Gasteiger partial charge in [-0.25, -0.2) is 0 Å². The normalized spacial score (nSPS) is 18.3. The Labute approximate surface area is 116 Å². The largest absolute Gasteiger partial charge is 0.468 e. The number of hydrogen-bond donors (Lipinski definition) is 1. The minimum Gasteiger partial charge on any atom is -0.468 e. The van der Waals surface area contributed by atoms with Crippen LogP contribution in [0.3, 0.4) is 0 Å². The molecule has 0 unspecified atom stereocenters. The predicted octanol–water partition coefficient (Wildman–Crippen LogP) is 1.92. The van der Waals surface area contributed by atoms with E-state index in [0.717, 1.165) is 25.4 Å². The quantitative estimate of drug-likeness (QED) is 0.851. The Morgan fingerprint density at radius 2 is 2.16 bits per heavy atom. The minimum absolute atomic E-state index is 0.707. The van der Waals surface area contributed by atoms with Crippen LogP contribution in [-0.2, 0) is 13.1 Å². The van der Waals surface area contributed by atoms with Gasteiger partial charge in [0.15, 0.2) is 0 Å².